The SMILES string of the molecule is CCCCC(=O)N[C@H](C#N)COCc1ccccc1. The third-order valence-electron chi connectivity index (χ3n) is 2.64. The Labute approximate surface area is 114 Å². The standard InChI is InChI=1S/C15H20N2O2/c1-2-3-9-15(18)17-14(10-16)12-19-11-13-7-5-4-6-8-13/h4-8,14H,2-3,9,11-12H2,1H3,(H,17,18)/t14-/m1/s1. The molecule has 1 amide bonds. The highest BCUT2D eigenvalue weighted by atomic mass is 16.5. The number of hydrogen-bond donors (Lipinski definition) is 1. The van der Waals surface area contributed by atoms with E-state index in [1.54, 1.807) is 0 Å². The average molecular weight is 260 g/mol. The van der Waals surface area contributed by atoms with E-state index in [1.807, 2.05) is 43.3 Å². The number of carbonyl (C=O) groups is 1. The Morgan fingerprint density at radius 1 is 1.42 bits per heavy atom. The number of nitriles is 1. The van der Waals surface area contributed by atoms with Crippen molar-refractivity contribution in [3.05, 3.63) is 35.9 Å². The second-order valence-corrected chi connectivity index (χ2v) is 4.35. The maximum absolute atomic E-state index is 11.5. The monoisotopic (exact) mass is 260 g/mol. The number of unbranched alkanes of at least 4 members (excludes halogenated alkanes) is 1. The Hall–Kier alpha value is -1.86. The van der Waals surface area contributed by atoms with Crippen LogP contribution in [-0.4, -0.2) is 18.6 Å². The molecule has 4 heteroatoms. The molecule has 4 nitrogen and oxygen atoms in total. The van der Waals surface area contributed by atoms with E-state index in [0.717, 1.165) is 18.4 Å². The van der Waals surface area contributed by atoms with Gasteiger partial charge >= 0.3 is 0 Å². The third-order valence-corrected chi connectivity index (χ3v) is 2.64. The van der Waals surface area contributed by atoms with Gasteiger partial charge in [-0.3, -0.25) is 4.79 Å². The van der Waals surface area contributed by atoms with Crippen LogP contribution in [-0.2, 0) is 16.1 Å². The van der Waals surface area contributed by atoms with Crippen LogP contribution in [0.3, 0.4) is 0 Å². The molecule has 0 fully saturated rings. The summed E-state index contributed by atoms with van der Waals surface area (Å²) in [5.74, 6) is -0.0864. The van der Waals surface area contributed by atoms with E-state index < -0.39 is 6.04 Å². The van der Waals surface area contributed by atoms with E-state index >= 15 is 0 Å². The van der Waals surface area contributed by atoms with Crippen molar-refractivity contribution in [3.63, 3.8) is 0 Å². The molecular weight excluding hydrogens is 240 g/mol. The van der Waals surface area contributed by atoms with Gasteiger partial charge in [-0.05, 0) is 12.0 Å². The molecule has 1 atom stereocenters. The maximum atomic E-state index is 11.5. The van der Waals surface area contributed by atoms with Gasteiger partial charge < -0.3 is 10.1 Å². The fourth-order valence-corrected chi connectivity index (χ4v) is 1.58. The molecule has 1 aromatic rings. The molecule has 102 valence electrons. The lowest BCUT2D eigenvalue weighted by Gasteiger charge is -2.12. The van der Waals surface area contributed by atoms with Crippen LogP contribution in [0.4, 0.5) is 0 Å². The predicted octanol–water partition coefficient (Wildman–Crippen LogP) is 2.40. The van der Waals surface area contributed by atoms with Crippen molar-refractivity contribution in [2.75, 3.05) is 6.61 Å². The number of ether oxygens (including phenoxy) is 1. The van der Waals surface area contributed by atoms with E-state index in [-0.39, 0.29) is 12.5 Å². The molecule has 0 aliphatic rings. The van der Waals surface area contributed by atoms with Crippen molar-refractivity contribution in [2.45, 2.75) is 38.8 Å². The van der Waals surface area contributed by atoms with Crippen LogP contribution in [0.15, 0.2) is 30.3 Å². The second-order valence-electron chi connectivity index (χ2n) is 4.35. The minimum Gasteiger partial charge on any atom is -0.374 e. The van der Waals surface area contributed by atoms with Crippen LogP contribution in [0, 0.1) is 11.3 Å². The zero-order valence-electron chi connectivity index (χ0n) is 11.3. The average Bonchev–Trinajstić information content (AvgIpc) is 2.45. The Bertz CT molecular complexity index is 412. The summed E-state index contributed by atoms with van der Waals surface area (Å²) in [6.07, 6.45) is 2.28. The third kappa shape index (κ3) is 6.58. The molecule has 1 aromatic carbocycles. The van der Waals surface area contributed by atoms with E-state index in [1.165, 1.54) is 0 Å². The zero-order valence-corrected chi connectivity index (χ0v) is 11.3. The van der Waals surface area contributed by atoms with Crippen LogP contribution in [0.5, 0.6) is 0 Å². The van der Waals surface area contributed by atoms with Gasteiger partial charge in [0.1, 0.15) is 6.04 Å². The molecule has 0 heterocycles. The Balaban J connectivity index is 2.25. The van der Waals surface area contributed by atoms with Crippen molar-refractivity contribution in [1.82, 2.24) is 5.32 Å². The summed E-state index contributed by atoms with van der Waals surface area (Å²) in [6, 6.07) is 11.2. The molecule has 1 N–H and O–H groups in total. The normalized spacial score (nSPS) is 11.6. The van der Waals surface area contributed by atoms with Crippen LogP contribution in [0.1, 0.15) is 31.7 Å². The van der Waals surface area contributed by atoms with Crippen molar-refractivity contribution in [3.8, 4) is 6.07 Å². The highest BCUT2D eigenvalue weighted by Gasteiger charge is 2.10. The number of benzene rings is 1. The van der Waals surface area contributed by atoms with Gasteiger partial charge in [-0.2, -0.15) is 5.26 Å². The molecule has 0 saturated heterocycles. The summed E-state index contributed by atoms with van der Waals surface area (Å²) in [4.78, 5) is 11.5. The summed E-state index contributed by atoms with van der Waals surface area (Å²) in [7, 11) is 0. The highest BCUT2D eigenvalue weighted by Crippen LogP contribution is 2.01. The van der Waals surface area contributed by atoms with Gasteiger partial charge in [-0.1, -0.05) is 43.7 Å². The Morgan fingerprint density at radius 3 is 2.79 bits per heavy atom. The van der Waals surface area contributed by atoms with Crippen molar-refractivity contribution in [2.24, 2.45) is 0 Å². The van der Waals surface area contributed by atoms with Crippen LogP contribution < -0.4 is 5.32 Å². The molecular formula is C15H20N2O2. The predicted molar refractivity (Wildman–Crippen MR) is 73.2 cm³/mol. The van der Waals surface area contributed by atoms with Crippen molar-refractivity contribution in [1.29, 1.82) is 5.26 Å². The topological polar surface area (TPSA) is 62.1 Å². The van der Waals surface area contributed by atoms with Gasteiger partial charge in [0.2, 0.25) is 5.91 Å². The number of hydrogen-bond acceptors (Lipinski definition) is 3. The number of nitrogens with zero attached hydrogens (tertiary/aromatic N) is 1. The minimum absolute atomic E-state index is 0.0864. The summed E-state index contributed by atoms with van der Waals surface area (Å²) in [5.41, 5.74) is 1.05. The lowest BCUT2D eigenvalue weighted by Crippen LogP contribution is -2.36. The lowest BCUT2D eigenvalue weighted by molar-refractivity contribution is -0.122. The first-order chi connectivity index (χ1) is 9.26. The van der Waals surface area contributed by atoms with Crippen LogP contribution in [0.2, 0.25) is 0 Å². The molecule has 0 aliphatic heterocycles. The van der Waals surface area contributed by atoms with E-state index in [2.05, 4.69) is 5.32 Å². The van der Waals surface area contributed by atoms with E-state index in [9.17, 15) is 4.79 Å². The zero-order chi connectivity index (χ0) is 13.9. The Kier molecular flexibility index (Phi) is 7.30. The molecule has 19 heavy (non-hydrogen) atoms. The van der Waals surface area contributed by atoms with E-state index in [0.29, 0.717) is 13.0 Å². The number of carbonyl (C=O) groups excluding carboxylic acids is 1. The van der Waals surface area contributed by atoms with Crippen LogP contribution >= 0.6 is 0 Å². The van der Waals surface area contributed by atoms with Gasteiger partial charge in [0.15, 0.2) is 0 Å². The highest BCUT2D eigenvalue weighted by molar-refractivity contribution is 5.76. The minimum atomic E-state index is -0.576. The first-order valence-electron chi connectivity index (χ1n) is 6.57. The maximum Gasteiger partial charge on any atom is 0.221 e. The number of rotatable bonds is 8. The number of nitrogens with one attached hydrogen (secondary N) is 1. The van der Waals surface area contributed by atoms with Gasteiger partial charge in [0.05, 0.1) is 19.3 Å². The largest absolute Gasteiger partial charge is 0.374 e. The summed E-state index contributed by atoms with van der Waals surface area (Å²) in [5, 5.41) is 11.6. The smallest absolute Gasteiger partial charge is 0.221 e. The van der Waals surface area contributed by atoms with E-state index in [4.69, 9.17) is 10.00 Å². The summed E-state index contributed by atoms with van der Waals surface area (Å²) < 4.78 is 5.44. The fraction of sp³-hybridized carbons (Fsp3) is 0.467. The quantitative estimate of drug-likeness (QED) is 0.780. The molecule has 0 saturated carbocycles. The second kappa shape index (κ2) is 9.12. The fourth-order valence-electron chi connectivity index (χ4n) is 1.58. The van der Waals surface area contributed by atoms with Gasteiger partial charge in [-0.15, -0.1) is 0 Å². The molecule has 0 aliphatic carbocycles. The molecule has 0 unspecified atom stereocenters. The van der Waals surface area contributed by atoms with Crippen LogP contribution in [0.25, 0.3) is 0 Å². The molecule has 0 radical (unpaired) electrons. The first kappa shape index (κ1) is 15.2. The van der Waals surface area contributed by atoms with Crippen molar-refractivity contribution < 1.29 is 9.53 Å². The molecule has 0 bridgehead atoms. The molecule has 0 spiro atoms. The van der Waals surface area contributed by atoms with Gasteiger partial charge in [0, 0.05) is 6.42 Å². The first-order valence-corrected chi connectivity index (χ1v) is 6.57. The summed E-state index contributed by atoms with van der Waals surface area (Å²) >= 11 is 0. The molecule has 1 rings (SSSR count). The number of amides is 1. The van der Waals surface area contributed by atoms with Gasteiger partial charge in [0.25, 0.3) is 0 Å². The van der Waals surface area contributed by atoms with Gasteiger partial charge in [-0.25, -0.2) is 0 Å². The molecule has 0 aromatic heterocycles. The Morgan fingerprint density at radius 2 is 2.16 bits per heavy atom. The summed E-state index contributed by atoms with van der Waals surface area (Å²) in [6.45, 7) is 2.69. The van der Waals surface area contributed by atoms with Crippen molar-refractivity contribution >= 4 is 5.91 Å². The lowest BCUT2D eigenvalue weighted by atomic mass is 10.2.